The molecule has 3 nitrogen and oxygen atoms in total. The number of benzene rings is 1. The molecule has 4 heteroatoms. The van der Waals surface area contributed by atoms with Gasteiger partial charge in [-0.1, -0.05) is 36.4 Å². The average molecular weight is 234 g/mol. The van der Waals surface area contributed by atoms with E-state index in [1.165, 1.54) is 12.3 Å². The molecule has 0 unspecified atom stereocenters. The number of halogens is 1. The lowest BCUT2D eigenvalue weighted by Gasteiger charge is -2.06. The molecule has 0 amide bonds. The van der Waals surface area contributed by atoms with Crippen molar-refractivity contribution in [1.82, 2.24) is 4.98 Å². The van der Waals surface area contributed by atoms with Crippen molar-refractivity contribution in [3.05, 3.63) is 47.1 Å². The highest BCUT2D eigenvalue weighted by atomic mass is 35.5. The average Bonchev–Trinajstić information content (AvgIpc) is 2.27. The second-order valence-electron chi connectivity index (χ2n) is 3.23. The summed E-state index contributed by atoms with van der Waals surface area (Å²) in [6.45, 7) is 3.62. The van der Waals surface area contributed by atoms with Crippen molar-refractivity contribution in [2.75, 3.05) is 0 Å². The van der Waals surface area contributed by atoms with Crippen LogP contribution in [0.2, 0.25) is 5.02 Å². The Labute approximate surface area is 97.0 Å². The van der Waals surface area contributed by atoms with Gasteiger partial charge in [0.1, 0.15) is 0 Å². The number of carboxylic acid groups (broad SMARTS) is 1. The Bertz CT molecular complexity index is 593. The fraction of sp³-hybridized carbons (Fsp3) is 0. The zero-order valence-electron chi connectivity index (χ0n) is 8.27. The summed E-state index contributed by atoms with van der Waals surface area (Å²) in [5.41, 5.74) is 1.26. The lowest BCUT2D eigenvalue weighted by molar-refractivity contribution is 0.0696. The summed E-state index contributed by atoms with van der Waals surface area (Å²) in [5.74, 6) is -1.02. The zero-order chi connectivity index (χ0) is 11.7. The summed E-state index contributed by atoms with van der Waals surface area (Å²) >= 11 is 5.97. The highest BCUT2D eigenvalue weighted by Gasteiger charge is 2.13. The lowest BCUT2D eigenvalue weighted by Crippen LogP contribution is -2.01. The molecule has 0 spiro atoms. The summed E-state index contributed by atoms with van der Waals surface area (Å²) in [4.78, 5) is 15.0. The maximum Gasteiger partial charge on any atom is 0.337 e. The molecule has 2 aromatic rings. The molecule has 0 aliphatic heterocycles. The van der Waals surface area contributed by atoms with Gasteiger partial charge in [-0.25, -0.2) is 4.79 Å². The molecule has 0 fully saturated rings. The maximum atomic E-state index is 11.0. The first-order chi connectivity index (χ1) is 7.65. The van der Waals surface area contributed by atoms with Gasteiger partial charge in [-0.05, 0) is 11.6 Å². The summed E-state index contributed by atoms with van der Waals surface area (Å²) < 4.78 is 0. The van der Waals surface area contributed by atoms with Crippen LogP contribution in [0.5, 0.6) is 0 Å². The summed E-state index contributed by atoms with van der Waals surface area (Å²) in [7, 11) is 0. The molecule has 16 heavy (non-hydrogen) atoms. The van der Waals surface area contributed by atoms with E-state index in [4.69, 9.17) is 16.7 Å². The molecule has 2 rings (SSSR count). The third-order valence-corrected chi connectivity index (χ3v) is 2.63. The van der Waals surface area contributed by atoms with Crippen LogP contribution in [0.25, 0.3) is 17.0 Å². The number of hydrogen-bond acceptors (Lipinski definition) is 2. The molecule has 0 saturated heterocycles. The van der Waals surface area contributed by atoms with Gasteiger partial charge in [0.15, 0.2) is 0 Å². The van der Waals surface area contributed by atoms with Crippen LogP contribution in [0.1, 0.15) is 15.9 Å². The minimum atomic E-state index is -1.02. The van der Waals surface area contributed by atoms with Crippen LogP contribution >= 0.6 is 11.6 Å². The predicted molar refractivity (Wildman–Crippen MR) is 63.8 cm³/mol. The summed E-state index contributed by atoms with van der Waals surface area (Å²) in [6.07, 6.45) is 2.80. The summed E-state index contributed by atoms with van der Waals surface area (Å²) in [5, 5.41) is 10.2. The fourth-order valence-electron chi connectivity index (χ4n) is 1.60. The van der Waals surface area contributed by atoms with Crippen LogP contribution < -0.4 is 0 Å². The number of aromatic nitrogens is 1. The molecular weight excluding hydrogens is 226 g/mol. The maximum absolute atomic E-state index is 11.0. The van der Waals surface area contributed by atoms with E-state index < -0.39 is 5.97 Å². The molecule has 0 aliphatic rings. The molecule has 1 heterocycles. The Balaban J connectivity index is 2.91. The van der Waals surface area contributed by atoms with E-state index in [2.05, 4.69) is 11.6 Å². The smallest absolute Gasteiger partial charge is 0.337 e. The highest BCUT2D eigenvalue weighted by Crippen LogP contribution is 2.26. The van der Waals surface area contributed by atoms with E-state index in [9.17, 15) is 4.79 Å². The van der Waals surface area contributed by atoms with Crippen molar-refractivity contribution < 1.29 is 9.90 Å². The number of hydrogen-bond donors (Lipinski definition) is 1. The van der Waals surface area contributed by atoms with Crippen molar-refractivity contribution in [2.24, 2.45) is 0 Å². The number of carbonyl (C=O) groups is 1. The molecule has 0 saturated carbocycles. The Hall–Kier alpha value is -1.87. The number of rotatable bonds is 2. The van der Waals surface area contributed by atoms with Crippen molar-refractivity contribution in [3.8, 4) is 0 Å². The van der Waals surface area contributed by atoms with E-state index in [0.29, 0.717) is 21.5 Å². The molecule has 80 valence electrons. The standard InChI is InChI=1S/C12H8ClNO2/c1-2-7-8-4-3-5-10(13)11(8)14-6-9(7)12(15)16/h2-6H,1H2,(H,15,16). The van der Waals surface area contributed by atoms with Crippen LogP contribution in [0, 0.1) is 0 Å². The molecular formula is C12H8ClNO2. The fourth-order valence-corrected chi connectivity index (χ4v) is 1.82. The number of carboxylic acids is 1. The van der Waals surface area contributed by atoms with Crippen LogP contribution in [0.4, 0.5) is 0 Å². The van der Waals surface area contributed by atoms with Crippen LogP contribution in [-0.2, 0) is 0 Å². The van der Waals surface area contributed by atoms with Gasteiger partial charge in [-0.2, -0.15) is 0 Å². The predicted octanol–water partition coefficient (Wildman–Crippen LogP) is 3.23. The third kappa shape index (κ3) is 1.55. The minimum Gasteiger partial charge on any atom is -0.478 e. The van der Waals surface area contributed by atoms with Gasteiger partial charge in [-0.15, -0.1) is 0 Å². The van der Waals surface area contributed by atoms with Crippen molar-refractivity contribution >= 4 is 34.5 Å². The SMILES string of the molecule is C=Cc1c(C(=O)O)cnc2c(Cl)cccc12. The Morgan fingerprint density at radius 3 is 2.88 bits per heavy atom. The molecule has 0 bridgehead atoms. The summed E-state index contributed by atoms with van der Waals surface area (Å²) in [6, 6.07) is 5.24. The number of pyridine rings is 1. The normalized spacial score (nSPS) is 10.3. The molecule has 1 aromatic heterocycles. The van der Waals surface area contributed by atoms with E-state index in [0.717, 1.165) is 0 Å². The van der Waals surface area contributed by atoms with Gasteiger partial charge in [0.25, 0.3) is 0 Å². The lowest BCUT2D eigenvalue weighted by atomic mass is 10.0. The number of nitrogens with zero attached hydrogens (tertiary/aromatic N) is 1. The Morgan fingerprint density at radius 2 is 2.25 bits per heavy atom. The Morgan fingerprint density at radius 1 is 1.50 bits per heavy atom. The second kappa shape index (κ2) is 3.94. The van der Waals surface area contributed by atoms with Gasteiger partial charge in [0.2, 0.25) is 0 Å². The van der Waals surface area contributed by atoms with Gasteiger partial charge in [0, 0.05) is 11.6 Å². The first-order valence-electron chi connectivity index (χ1n) is 4.58. The largest absolute Gasteiger partial charge is 0.478 e. The number of para-hydroxylation sites is 1. The Kier molecular flexibility index (Phi) is 2.62. The van der Waals surface area contributed by atoms with E-state index >= 15 is 0 Å². The molecule has 0 aliphatic carbocycles. The van der Waals surface area contributed by atoms with Gasteiger partial charge < -0.3 is 5.11 Å². The molecule has 1 N–H and O–H groups in total. The monoisotopic (exact) mass is 233 g/mol. The van der Waals surface area contributed by atoms with Gasteiger partial charge in [0.05, 0.1) is 16.1 Å². The topological polar surface area (TPSA) is 50.2 Å². The quantitative estimate of drug-likeness (QED) is 0.866. The van der Waals surface area contributed by atoms with E-state index in [1.54, 1.807) is 18.2 Å². The van der Waals surface area contributed by atoms with E-state index in [1.807, 2.05) is 0 Å². The third-order valence-electron chi connectivity index (χ3n) is 2.32. The van der Waals surface area contributed by atoms with Crippen molar-refractivity contribution in [2.45, 2.75) is 0 Å². The van der Waals surface area contributed by atoms with Gasteiger partial charge in [-0.3, -0.25) is 4.98 Å². The van der Waals surface area contributed by atoms with Crippen molar-refractivity contribution in [3.63, 3.8) is 0 Å². The molecule has 0 atom stereocenters. The number of fused-ring (bicyclic) bond motifs is 1. The molecule has 1 aromatic carbocycles. The van der Waals surface area contributed by atoms with Crippen molar-refractivity contribution in [1.29, 1.82) is 0 Å². The zero-order valence-corrected chi connectivity index (χ0v) is 9.03. The minimum absolute atomic E-state index is 0.129. The molecule has 0 radical (unpaired) electrons. The van der Waals surface area contributed by atoms with E-state index in [-0.39, 0.29) is 5.56 Å². The van der Waals surface area contributed by atoms with Crippen LogP contribution in [0.15, 0.2) is 31.0 Å². The number of aromatic carboxylic acids is 1. The first-order valence-corrected chi connectivity index (χ1v) is 4.96. The van der Waals surface area contributed by atoms with Gasteiger partial charge >= 0.3 is 5.97 Å². The van der Waals surface area contributed by atoms with Crippen LogP contribution in [-0.4, -0.2) is 16.1 Å². The second-order valence-corrected chi connectivity index (χ2v) is 3.64. The first kappa shape index (κ1) is 10.6. The highest BCUT2D eigenvalue weighted by molar-refractivity contribution is 6.35. The van der Waals surface area contributed by atoms with Crippen LogP contribution in [0.3, 0.4) is 0 Å².